The molecule has 2 aromatic rings. The van der Waals surface area contributed by atoms with Gasteiger partial charge in [-0.25, -0.2) is 4.98 Å². The second kappa shape index (κ2) is 3.94. The Hall–Kier alpha value is -0.870. The van der Waals surface area contributed by atoms with Crippen molar-refractivity contribution in [1.82, 2.24) is 14.9 Å². The number of hydrogen-bond donors (Lipinski definition) is 1. The van der Waals surface area contributed by atoms with Gasteiger partial charge in [0.05, 0.1) is 17.6 Å². The number of benzene rings is 1. The van der Waals surface area contributed by atoms with Crippen LogP contribution in [0.2, 0.25) is 0 Å². The molecule has 0 unspecified atom stereocenters. The van der Waals surface area contributed by atoms with Crippen molar-refractivity contribution < 1.29 is 0 Å². The monoisotopic (exact) mass is 267 g/mol. The highest BCUT2D eigenvalue weighted by atomic mass is 79.9. The van der Waals surface area contributed by atoms with Crippen molar-refractivity contribution in [3.8, 4) is 0 Å². The highest BCUT2D eigenvalue weighted by Gasteiger charge is 2.10. The van der Waals surface area contributed by atoms with Crippen LogP contribution in [0.3, 0.4) is 0 Å². The molecule has 0 aliphatic heterocycles. The quantitative estimate of drug-likeness (QED) is 0.906. The summed E-state index contributed by atoms with van der Waals surface area (Å²) < 4.78 is 3.23. The Kier molecular flexibility index (Phi) is 2.80. The summed E-state index contributed by atoms with van der Waals surface area (Å²) in [6.07, 6.45) is 0. The van der Waals surface area contributed by atoms with Gasteiger partial charge in [0.15, 0.2) is 0 Å². The molecule has 0 bridgehead atoms. The summed E-state index contributed by atoms with van der Waals surface area (Å²) in [5.74, 6) is 1.05. The Morgan fingerprint density at radius 3 is 2.87 bits per heavy atom. The molecule has 15 heavy (non-hydrogen) atoms. The van der Waals surface area contributed by atoms with Gasteiger partial charge in [0, 0.05) is 11.5 Å². The molecule has 0 saturated heterocycles. The van der Waals surface area contributed by atoms with Crippen LogP contribution in [0.4, 0.5) is 0 Å². The third-order valence-electron chi connectivity index (χ3n) is 2.49. The molecule has 0 fully saturated rings. The van der Waals surface area contributed by atoms with Crippen molar-refractivity contribution in [2.45, 2.75) is 13.5 Å². The van der Waals surface area contributed by atoms with Gasteiger partial charge in [0.25, 0.3) is 0 Å². The standard InChI is InChI=1S/C11H14BrN3/c1-7-4-8(12)11-9(5-7)14-10(6-13-2)15(11)3/h4-5,13H,6H2,1-3H3. The van der Waals surface area contributed by atoms with E-state index in [2.05, 4.69) is 49.9 Å². The average Bonchev–Trinajstić information content (AvgIpc) is 2.43. The van der Waals surface area contributed by atoms with Gasteiger partial charge < -0.3 is 9.88 Å². The number of fused-ring (bicyclic) bond motifs is 1. The molecule has 0 radical (unpaired) electrons. The van der Waals surface area contributed by atoms with E-state index in [1.807, 2.05) is 14.1 Å². The fraction of sp³-hybridized carbons (Fsp3) is 0.364. The van der Waals surface area contributed by atoms with Gasteiger partial charge in [-0.05, 0) is 47.6 Å². The molecule has 0 saturated carbocycles. The van der Waals surface area contributed by atoms with Crippen LogP contribution in [0.25, 0.3) is 11.0 Å². The van der Waals surface area contributed by atoms with Gasteiger partial charge >= 0.3 is 0 Å². The molecule has 3 nitrogen and oxygen atoms in total. The summed E-state index contributed by atoms with van der Waals surface area (Å²) >= 11 is 3.58. The second-order valence-corrected chi connectivity index (χ2v) is 4.59. The predicted molar refractivity (Wildman–Crippen MR) is 65.9 cm³/mol. The topological polar surface area (TPSA) is 29.9 Å². The Labute approximate surface area is 97.6 Å². The highest BCUT2D eigenvalue weighted by molar-refractivity contribution is 9.10. The van der Waals surface area contributed by atoms with Gasteiger partial charge in [0.1, 0.15) is 5.82 Å². The molecule has 0 aliphatic carbocycles. The number of imidazole rings is 1. The first-order chi connectivity index (χ1) is 7.13. The van der Waals surface area contributed by atoms with E-state index in [1.165, 1.54) is 5.56 Å². The lowest BCUT2D eigenvalue weighted by Crippen LogP contribution is -2.10. The zero-order valence-corrected chi connectivity index (χ0v) is 10.7. The summed E-state index contributed by atoms with van der Waals surface area (Å²) in [7, 11) is 3.97. The van der Waals surface area contributed by atoms with E-state index in [9.17, 15) is 0 Å². The van der Waals surface area contributed by atoms with E-state index in [0.717, 1.165) is 27.9 Å². The number of nitrogens with zero attached hydrogens (tertiary/aromatic N) is 2. The van der Waals surface area contributed by atoms with Crippen molar-refractivity contribution in [1.29, 1.82) is 0 Å². The molecule has 2 rings (SSSR count). The number of nitrogens with one attached hydrogen (secondary N) is 1. The van der Waals surface area contributed by atoms with E-state index in [4.69, 9.17) is 0 Å². The van der Waals surface area contributed by atoms with Crippen LogP contribution in [0, 0.1) is 6.92 Å². The molecule has 1 N–H and O–H groups in total. The predicted octanol–water partition coefficient (Wildman–Crippen LogP) is 2.36. The summed E-state index contributed by atoms with van der Waals surface area (Å²) in [4.78, 5) is 4.59. The average molecular weight is 268 g/mol. The van der Waals surface area contributed by atoms with Crippen LogP contribution in [0.15, 0.2) is 16.6 Å². The first-order valence-electron chi connectivity index (χ1n) is 4.89. The zero-order valence-electron chi connectivity index (χ0n) is 9.13. The number of rotatable bonds is 2. The van der Waals surface area contributed by atoms with E-state index < -0.39 is 0 Å². The summed E-state index contributed by atoms with van der Waals surface area (Å²) in [5.41, 5.74) is 3.43. The fourth-order valence-electron chi connectivity index (χ4n) is 1.79. The van der Waals surface area contributed by atoms with Crippen molar-refractivity contribution >= 4 is 27.0 Å². The van der Waals surface area contributed by atoms with Crippen LogP contribution in [-0.2, 0) is 13.6 Å². The number of hydrogen-bond acceptors (Lipinski definition) is 2. The van der Waals surface area contributed by atoms with Gasteiger partial charge in [-0.3, -0.25) is 0 Å². The Morgan fingerprint density at radius 1 is 1.47 bits per heavy atom. The normalized spacial score (nSPS) is 11.2. The first kappa shape index (κ1) is 10.6. The van der Waals surface area contributed by atoms with Crippen LogP contribution in [-0.4, -0.2) is 16.6 Å². The minimum absolute atomic E-state index is 0.788. The summed E-state index contributed by atoms with van der Waals surface area (Å²) in [6, 6.07) is 4.23. The van der Waals surface area contributed by atoms with Crippen molar-refractivity contribution in [3.63, 3.8) is 0 Å². The van der Waals surface area contributed by atoms with Crippen LogP contribution in [0.1, 0.15) is 11.4 Å². The van der Waals surface area contributed by atoms with Gasteiger partial charge in [-0.1, -0.05) is 0 Å². The maximum absolute atomic E-state index is 4.59. The third-order valence-corrected chi connectivity index (χ3v) is 3.10. The highest BCUT2D eigenvalue weighted by Crippen LogP contribution is 2.25. The van der Waals surface area contributed by atoms with E-state index in [1.54, 1.807) is 0 Å². The molecule has 0 atom stereocenters. The Bertz CT molecular complexity index is 502. The minimum Gasteiger partial charge on any atom is -0.329 e. The lowest BCUT2D eigenvalue weighted by molar-refractivity contribution is 0.718. The Morgan fingerprint density at radius 2 is 2.20 bits per heavy atom. The minimum atomic E-state index is 0.788. The SMILES string of the molecule is CNCc1nc2cc(C)cc(Br)c2n1C. The Balaban J connectivity index is 2.70. The van der Waals surface area contributed by atoms with Gasteiger partial charge in [-0.2, -0.15) is 0 Å². The molecule has 0 amide bonds. The van der Waals surface area contributed by atoms with Crippen LogP contribution in [0.5, 0.6) is 0 Å². The molecule has 80 valence electrons. The molecule has 4 heteroatoms. The van der Waals surface area contributed by atoms with E-state index in [-0.39, 0.29) is 0 Å². The summed E-state index contributed by atoms with van der Waals surface area (Å²) in [5, 5.41) is 3.12. The van der Waals surface area contributed by atoms with Crippen LogP contribution < -0.4 is 5.32 Å². The largest absolute Gasteiger partial charge is 0.329 e. The van der Waals surface area contributed by atoms with Crippen LogP contribution >= 0.6 is 15.9 Å². The summed E-state index contributed by atoms with van der Waals surface area (Å²) in [6.45, 7) is 2.87. The molecular weight excluding hydrogens is 254 g/mol. The molecule has 1 aromatic carbocycles. The number of aryl methyl sites for hydroxylation is 2. The maximum Gasteiger partial charge on any atom is 0.123 e. The first-order valence-corrected chi connectivity index (χ1v) is 5.69. The smallest absolute Gasteiger partial charge is 0.123 e. The zero-order chi connectivity index (χ0) is 11.0. The lowest BCUT2D eigenvalue weighted by Gasteiger charge is -2.02. The van der Waals surface area contributed by atoms with E-state index in [0.29, 0.717) is 0 Å². The molecule has 1 heterocycles. The second-order valence-electron chi connectivity index (χ2n) is 3.73. The number of halogens is 1. The molecular formula is C11H14BrN3. The number of aromatic nitrogens is 2. The third kappa shape index (κ3) is 1.79. The van der Waals surface area contributed by atoms with Crippen molar-refractivity contribution in [2.24, 2.45) is 7.05 Å². The molecule has 1 aromatic heterocycles. The van der Waals surface area contributed by atoms with Crippen molar-refractivity contribution in [2.75, 3.05) is 7.05 Å². The maximum atomic E-state index is 4.59. The van der Waals surface area contributed by atoms with Crippen molar-refractivity contribution in [3.05, 3.63) is 28.0 Å². The molecule has 0 aliphatic rings. The van der Waals surface area contributed by atoms with E-state index >= 15 is 0 Å². The fourth-order valence-corrected chi connectivity index (χ4v) is 2.62. The molecule has 0 spiro atoms. The lowest BCUT2D eigenvalue weighted by atomic mass is 10.2. The van der Waals surface area contributed by atoms with Gasteiger partial charge in [-0.15, -0.1) is 0 Å². The van der Waals surface area contributed by atoms with Gasteiger partial charge in [0.2, 0.25) is 0 Å².